The highest BCUT2D eigenvalue weighted by Gasteiger charge is 2.23. The minimum atomic E-state index is -0.167. The molecule has 186 valence electrons. The van der Waals surface area contributed by atoms with Crippen molar-refractivity contribution < 1.29 is 15.0 Å². The number of phenolic OH excluding ortho intramolecular Hbond substituents is 1. The molecule has 7 heteroatoms. The molecule has 2 aromatic carbocycles. The van der Waals surface area contributed by atoms with E-state index in [2.05, 4.69) is 45.5 Å². The van der Waals surface area contributed by atoms with Gasteiger partial charge in [-0.05, 0) is 70.2 Å². The van der Waals surface area contributed by atoms with E-state index in [-0.39, 0.29) is 36.2 Å². The zero-order valence-corrected chi connectivity index (χ0v) is 21.4. The van der Waals surface area contributed by atoms with Gasteiger partial charge in [0.25, 0.3) is 5.91 Å². The zero-order chi connectivity index (χ0) is 24.0. The van der Waals surface area contributed by atoms with Crippen molar-refractivity contribution in [2.75, 3.05) is 19.6 Å². The predicted molar refractivity (Wildman–Crippen MR) is 141 cm³/mol. The van der Waals surface area contributed by atoms with E-state index in [1.165, 1.54) is 5.56 Å². The number of nitrogens with zero attached hydrogens (tertiary/aromatic N) is 1. The molecule has 3 aromatic rings. The minimum Gasteiger partial charge on any atom is -0.508 e. The van der Waals surface area contributed by atoms with Gasteiger partial charge < -0.3 is 25.4 Å². The number of H-pyrrole nitrogens is 1. The smallest absolute Gasteiger partial charge is 0.253 e. The number of nitrogens with one attached hydrogen (secondary N) is 2. The van der Waals surface area contributed by atoms with E-state index in [0.717, 1.165) is 61.1 Å². The van der Waals surface area contributed by atoms with Gasteiger partial charge in [0.15, 0.2) is 0 Å². The average molecular weight is 488 g/mol. The number of aromatic nitrogens is 1. The van der Waals surface area contributed by atoms with E-state index >= 15 is 0 Å². The van der Waals surface area contributed by atoms with Crippen molar-refractivity contribution in [3.63, 3.8) is 0 Å². The minimum absolute atomic E-state index is 0. The number of aliphatic hydroxyl groups is 1. The van der Waals surface area contributed by atoms with Crippen molar-refractivity contribution in [3.05, 3.63) is 64.8 Å². The first-order valence-electron chi connectivity index (χ1n) is 11.8. The van der Waals surface area contributed by atoms with Gasteiger partial charge in [-0.25, -0.2) is 0 Å². The largest absolute Gasteiger partial charge is 0.508 e. The number of phenols is 1. The summed E-state index contributed by atoms with van der Waals surface area (Å²) in [5.74, 6) is 0.164. The molecule has 4 N–H and O–H groups in total. The van der Waals surface area contributed by atoms with Gasteiger partial charge in [0.1, 0.15) is 5.75 Å². The number of carbonyl (C=O) groups is 1. The molecule has 0 bridgehead atoms. The lowest BCUT2D eigenvalue weighted by atomic mass is 10.0. The van der Waals surface area contributed by atoms with Gasteiger partial charge in [0, 0.05) is 48.4 Å². The van der Waals surface area contributed by atoms with Crippen LogP contribution in [0.5, 0.6) is 5.75 Å². The van der Waals surface area contributed by atoms with Crippen molar-refractivity contribution in [2.45, 2.75) is 59.1 Å². The summed E-state index contributed by atoms with van der Waals surface area (Å²) in [6.07, 6.45) is 2.83. The number of hydrogen-bond donors (Lipinski definition) is 4. The van der Waals surface area contributed by atoms with Crippen LogP contribution in [-0.4, -0.2) is 57.8 Å². The number of hydrogen-bond acceptors (Lipinski definition) is 4. The van der Waals surface area contributed by atoms with Gasteiger partial charge in [-0.2, -0.15) is 0 Å². The van der Waals surface area contributed by atoms with Gasteiger partial charge in [-0.1, -0.05) is 30.3 Å². The monoisotopic (exact) mass is 487 g/mol. The molecule has 0 aliphatic carbocycles. The maximum atomic E-state index is 13.0. The number of fused-ring (bicyclic) bond motifs is 1. The number of aromatic hydroxyl groups is 1. The van der Waals surface area contributed by atoms with Gasteiger partial charge in [0.05, 0.1) is 5.56 Å². The summed E-state index contributed by atoms with van der Waals surface area (Å²) in [6, 6.07) is 14.4. The fourth-order valence-corrected chi connectivity index (χ4v) is 4.26. The SMILES string of the molecule is CC(C)O.Cc1cc2[nH]c(C)c(C(=O)NC3CCN(CCc4ccccc4)CC3)c2cc1O.Cl. The number of aryl methyl sites for hydroxylation is 2. The number of aromatic amines is 1. The van der Waals surface area contributed by atoms with Gasteiger partial charge in [-0.3, -0.25) is 4.79 Å². The van der Waals surface area contributed by atoms with E-state index < -0.39 is 0 Å². The van der Waals surface area contributed by atoms with Crippen molar-refractivity contribution in [1.82, 2.24) is 15.2 Å². The van der Waals surface area contributed by atoms with Crippen LogP contribution in [0, 0.1) is 13.8 Å². The molecule has 34 heavy (non-hydrogen) atoms. The number of carbonyl (C=O) groups excluding carboxylic acids is 1. The lowest BCUT2D eigenvalue weighted by Gasteiger charge is -2.32. The van der Waals surface area contributed by atoms with Gasteiger partial charge in [-0.15, -0.1) is 12.4 Å². The number of amides is 1. The van der Waals surface area contributed by atoms with Crippen LogP contribution in [0.4, 0.5) is 0 Å². The summed E-state index contributed by atoms with van der Waals surface area (Å²) in [5.41, 5.74) is 4.54. The Bertz CT molecular complexity index is 1060. The van der Waals surface area contributed by atoms with Crippen LogP contribution >= 0.6 is 12.4 Å². The molecule has 1 amide bonds. The van der Waals surface area contributed by atoms with E-state index in [1.54, 1.807) is 19.9 Å². The fraction of sp³-hybridized carbons (Fsp3) is 0.444. The molecule has 1 aliphatic heterocycles. The second-order valence-corrected chi connectivity index (χ2v) is 9.23. The highest BCUT2D eigenvalue weighted by Crippen LogP contribution is 2.29. The summed E-state index contributed by atoms with van der Waals surface area (Å²) in [4.78, 5) is 18.7. The van der Waals surface area contributed by atoms with Crippen molar-refractivity contribution in [1.29, 1.82) is 0 Å². The summed E-state index contributed by atoms with van der Waals surface area (Å²) in [7, 11) is 0. The highest BCUT2D eigenvalue weighted by atomic mass is 35.5. The fourth-order valence-electron chi connectivity index (χ4n) is 4.26. The molecule has 1 fully saturated rings. The quantitative estimate of drug-likeness (QED) is 0.418. The first kappa shape index (κ1) is 27.7. The summed E-state index contributed by atoms with van der Waals surface area (Å²) >= 11 is 0. The average Bonchev–Trinajstić information content (AvgIpc) is 3.08. The highest BCUT2D eigenvalue weighted by molar-refractivity contribution is 6.08. The lowest BCUT2D eigenvalue weighted by Crippen LogP contribution is -2.45. The van der Waals surface area contributed by atoms with E-state index in [0.29, 0.717) is 5.56 Å². The first-order chi connectivity index (χ1) is 15.7. The number of halogens is 1. The van der Waals surface area contributed by atoms with Crippen molar-refractivity contribution in [2.24, 2.45) is 0 Å². The second kappa shape index (κ2) is 12.8. The lowest BCUT2D eigenvalue weighted by molar-refractivity contribution is 0.0912. The van der Waals surface area contributed by atoms with Crippen molar-refractivity contribution in [3.8, 4) is 5.75 Å². The van der Waals surface area contributed by atoms with Crippen LogP contribution in [0.15, 0.2) is 42.5 Å². The number of benzene rings is 2. The number of piperidine rings is 1. The molecular formula is C27H38ClN3O3. The van der Waals surface area contributed by atoms with Crippen LogP contribution in [0.1, 0.15) is 53.9 Å². The molecule has 6 nitrogen and oxygen atoms in total. The normalized spacial score (nSPS) is 14.4. The number of aliphatic hydroxyl groups excluding tert-OH is 1. The molecular weight excluding hydrogens is 450 g/mol. The Morgan fingerprint density at radius 1 is 1.15 bits per heavy atom. The van der Waals surface area contributed by atoms with Crippen LogP contribution in [-0.2, 0) is 6.42 Å². The first-order valence-corrected chi connectivity index (χ1v) is 11.8. The second-order valence-electron chi connectivity index (χ2n) is 9.23. The molecule has 1 saturated heterocycles. The standard InChI is InChI=1S/C24H29N3O2.C3H8O.ClH/c1-16-14-21-20(15-22(16)28)23(17(2)25-21)24(29)26-19-9-12-27(13-10-19)11-8-18-6-4-3-5-7-18;1-3(2)4;/h3-7,14-15,19,25,28H,8-13H2,1-2H3,(H,26,29);3-4H,1-2H3;1H. The Morgan fingerprint density at radius 2 is 1.76 bits per heavy atom. The molecule has 1 aromatic heterocycles. The van der Waals surface area contributed by atoms with Crippen LogP contribution in [0.2, 0.25) is 0 Å². The topological polar surface area (TPSA) is 88.6 Å². The maximum absolute atomic E-state index is 13.0. The number of likely N-dealkylation sites (tertiary alicyclic amines) is 1. The maximum Gasteiger partial charge on any atom is 0.253 e. The molecule has 0 unspecified atom stereocenters. The summed E-state index contributed by atoms with van der Waals surface area (Å²) < 4.78 is 0. The molecule has 0 saturated carbocycles. The van der Waals surface area contributed by atoms with Crippen LogP contribution in [0.3, 0.4) is 0 Å². The molecule has 0 atom stereocenters. The Labute approximate surface area is 208 Å². The summed E-state index contributed by atoms with van der Waals surface area (Å²) in [5, 5.41) is 22.1. The zero-order valence-electron chi connectivity index (χ0n) is 20.6. The molecule has 2 heterocycles. The van der Waals surface area contributed by atoms with Crippen molar-refractivity contribution >= 4 is 29.2 Å². The van der Waals surface area contributed by atoms with Crippen LogP contribution < -0.4 is 5.32 Å². The van der Waals surface area contributed by atoms with E-state index in [9.17, 15) is 9.90 Å². The van der Waals surface area contributed by atoms with Gasteiger partial charge >= 0.3 is 0 Å². The third-order valence-electron chi connectivity index (χ3n) is 6.01. The third-order valence-corrected chi connectivity index (χ3v) is 6.01. The van der Waals surface area contributed by atoms with E-state index in [1.807, 2.05) is 19.9 Å². The van der Waals surface area contributed by atoms with E-state index in [4.69, 9.17) is 5.11 Å². The Morgan fingerprint density at radius 3 is 2.38 bits per heavy atom. The Kier molecular flexibility index (Phi) is 10.4. The molecule has 0 radical (unpaired) electrons. The predicted octanol–water partition coefficient (Wildman–Crippen LogP) is 4.74. The summed E-state index contributed by atoms with van der Waals surface area (Å²) in [6.45, 7) is 10.3. The third kappa shape index (κ3) is 7.49. The van der Waals surface area contributed by atoms with Crippen LogP contribution in [0.25, 0.3) is 10.9 Å². The Balaban J connectivity index is 0.000000758. The molecule has 1 aliphatic rings. The Hall–Kier alpha value is -2.54. The van der Waals surface area contributed by atoms with Gasteiger partial charge in [0.2, 0.25) is 0 Å². The number of rotatable bonds is 5. The molecule has 4 rings (SSSR count). The molecule has 0 spiro atoms.